The predicted molar refractivity (Wildman–Crippen MR) is 141 cm³/mol. The average Bonchev–Trinajstić information content (AvgIpc) is 2.84. The molecule has 1 aliphatic rings. The van der Waals surface area contributed by atoms with E-state index in [2.05, 4.69) is 18.8 Å². The molecule has 10 nitrogen and oxygen atoms in total. The summed E-state index contributed by atoms with van der Waals surface area (Å²) in [5.74, 6) is 0.136. The Morgan fingerprint density at radius 3 is 2.54 bits per heavy atom. The summed E-state index contributed by atoms with van der Waals surface area (Å²) in [6.07, 6.45) is 2.52. The quantitative estimate of drug-likeness (QED) is 0.548. The highest BCUT2D eigenvalue weighted by Crippen LogP contribution is 2.18. The number of likely N-dealkylation sites (N-methyl/N-ethyl adjacent to an activating group) is 1. The number of amides is 2. The lowest BCUT2D eigenvalue weighted by atomic mass is 10.00. The summed E-state index contributed by atoms with van der Waals surface area (Å²) in [7, 11) is 3.37. The summed E-state index contributed by atoms with van der Waals surface area (Å²) in [6.45, 7) is 7.92. The molecule has 1 aromatic rings. The molecule has 0 unspecified atom stereocenters. The van der Waals surface area contributed by atoms with Gasteiger partial charge in [-0.25, -0.2) is 0 Å². The van der Waals surface area contributed by atoms with Gasteiger partial charge in [-0.3, -0.25) is 19.5 Å². The zero-order valence-corrected chi connectivity index (χ0v) is 23.1. The Labute approximate surface area is 221 Å². The molecule has 1 aliphatic heterocycles. The molecule has 2 N–H and O–H groups in total. The van der Waals surface area contributed by atoms with Crippen LogP contribution in [0.3, 0.4) is 0 Å². The largest absolute Gasteiger partial charge is 0.388 e. The van der Waals surface area contributed by atoms with E-state index in [-0.39, 0.29) is 37.6 Å². The van der Waals surface area contributed by atoms with Crippen molar-refractivity contribution < 1.29 is 29.3 Å². The van der Waals surface area contributed by atoms with Gasteiger partial charge in [0.2, 0.25) is 11.8 Å². The van der Waals surface area contributed by atoms with Crippen molar-refractivity contribution in [2.24, 2.45) is 5.92 Å². The van der Waals surface area contributed by atoms with Crippen LogP contribution in [0.15, 0.2) is 24.5 Å². The molecule has 2 heterocycles. The molecule has 4 atom stereocenters. The summed E-state index contributed by atoms with van der Waals surface area (Å²) in [4.78, 5) is 35.9. The van der Waals surface area contributed by atoms with Crippen LogP contribution < -0.4 is 0 Å². The molecule has 0 aliphatic carbocycles. The molecule has 210 valence electrons. The van der Waals surface area contributed by atoms with Gasteiger partial charge in [-0.05, 0) is 49.9 Å². The summed E-state index contributed by atoms with van der Waals surface area (Å²) >= 11 is 0. The van der Waals surface area contributed by atoms with Gasteiger partial charge >= 0.3 is 0 Å². The number of hydrogen-bond acceptors (Lipinski definition) is 8. The average molecular weight is 523 g/mol. The molecule has 1 aromatic heterocycles. The minimum atomic E-state index is -1.21. The Hall–Kier alpha value is -2.11. The van der Waals surface area contributed by atoms with E-state index >= 15 is 0 Å². The van der Waals surface area contributed by atoms with Crippen molar-refractivity contribution >= 4 is 11.8 Å². The SMILES string of the molecule is CO[C@@H]1CN(C(C)=O)C[C@H](CC(C)C)N(C(=O)CN(C)Cc2ccncc2)CCCCOC[C@@H](O)[C@H]1O. The topological polar surface area (TPSA) is 116 Å². The molecule has 1 saturated heterocycles. The molecule has 0 aromatic carbocycles. The first-order chi connectivity index (χ1) is 17.6. The van der Waals surface area contributed by atoms with Gasteiger partial charge in [0.15, 0.2) is 0 Å². The van der Waals surface area contributed by atoms with Crippen LogP contribution in [-0.2, 0) is 25.6 Å². The molecular formula is C27H46N4O6. The van der Waals surface area contributed by atoms with E-state index < -0.39 is 18.3 Å². The van der Waals surface area contributed by atoms with Crippen LogP contribution in [0, 0.1) is 5.92 Å². The van der Waals surface area contributed by atoms with Gasteiger partial charge in [0.25, 0.3) is 0 Å². The fraction of sp³-hybridized carbons (Fsp3) is 0.741. The van der Waals surface area contributed by atoms with E-state index in [1.54, 1.807) is 17.3 Å². The Morgan fingerprint density at radius 2 is 1.92 bits per heavy atom. The Kier molecular flexibility index (Phi) is 13.4. The maximum atomic E-state index is 13.7. The maximum absolute atomic E-state index is 13.7. The van der Waals surface area contributed by atoms with E-state index in [4.69, 9.17) is 9.47 Å². The van der Waals surface area contributed by atoms with Crippen molar-refractivity contribution in [1.82, 2.24) is 19.7 Å². The minimum absolute atomic E-state index is 0.0115. The molecule has 2 amide bonds. The van der Waals surface area contributed by atoms with Gasteiger partial charge in [0.05, 0.1) is 13.2 Å². The van der Waals surface area contributed by atoms with Crippen molar-refractivity contribution in [3.05, 3.63) is 30.1 Å². The normalized spacial score (nSPS) is 24.8. The number of rotatable bonds is 7. The van der Waals surface area contributed by atoms with Crippen molar-refractivity contribution in [2.45, 2.75) is 70.9 Å². The van der Waals surface area contributed by atoms with E-state index in [0.29, 0.717) is 38.6 Å². The van der Waals surface area contributed by atoms with E-state index in [1.807, 2.05) is 29.0 Å². The highest BCUT2D eigenvalue weighted by atomic mass is 16.5. The molecule has 0 radical (unpaired) electrons. The molecule has 0 bridgehead atoms. The number of carbonyl (C=O) groups is 2. The lowest BCUT2D eigenvalue weighted by Crippen LogP contribution is -2.54. The molecule has 0 saturated carbocycles. The third-order valence-corrected chi connectivity index (χ3v) is 6.69. The first-order valence-electron chi connectivity index (χ1n) is 13.2. The monoisotopic (exact) mass is 522 g/mol. The number of methoxy groups -OCH3 is 1. The Bertz CT molecular complexity index is 811. The smallest absolute Gasteiger partial charge is 0.237 e. The number of hydrogen-bond donors (Lipinski definition) is 2. The lowest BCUT2D eigenvalue weighted by molar-refractivity contribution is -0.142. The van der Waals surface area contributed by atoms with Crippen LogP contribution in [0.2, 0.25) is 0 Å². The molecule has 37 heavy (non-hydrogen) atoms. The number of ether oxygens (including phenoxy) is 2. The first-order valence-corrected chi connectivity index (χ1v) is 13.2. The van der Waals surface area contributed by atoms with E-state index in [1.165, 1.54) is 14.0 Å². The second-order valence-electron chi connectivity index (χ2n) is 10.4. The van der Waals surface area contributed by atoms with Gasteiger partial charge in [0, 0.05) is 65.3 Å². The van der Waals surface area contributed by atoms with Crippen LogP contribution in [0.1, 0.15) is 45.6 Å². The summed E-state index contributed by atoms with van der Waals surface area (Å²) < 4.78 is 11.0. The van der Waals surface area contributed by atoms with Crippen LogP contribution in [0.25, 0.3) is 0 Å². The zero-order valence-electron chi connectivity index (χ0n) is 23.1. The first kappa shape index (κ1) is 31.1. The number of aliphatic hydroxyl groups excluding tert-OH is 2. The predicted octanol–water partition coefficient (Wildman–Crippen LogP) is 1.15. The molecular weight excluding hydrogens is 476 g/mol. The van der Waals surface area contributed by atoms with Crippen LogP contribution in [0.5, 0.6) is 0 Å². The van der Waals surface area contributed by atoms with Crippen molar-refractivity contribution in [3.63, 3.8) is 0 Å². The van der Waals surface area contributed by atoms with Gasteiger partial charge in [-0.1, -0.05) is 13.8 Å². The van der Waals surface area contributed by atoms with Gasteiger partial charge < -0.3 is 29.5 Å². The number of aromatic nitrogens is 1. The van der Waals surface area contributed by atoms with Crippen LogP contribution in [0.4, 0.5) is 0 Å². The fourth-order valence-corrected chi connectivity index (χ4v) is 4.69. The Morgan fingerprint density at radius 1 is 1.22 bits per heavy atom. The summed E-state index contributed by atoms with van der Waals surface area (Å²) in [6, 6.07) is 3.67. The summed E-state index contributed by atoms with van der Waals surface area (Å²) in [5.41, 5.74) is 1.08. The van der Waals surface area contributed by atoms with Crippen LogP contribution in [-0.4, -0.2) is 120 Å². The summed E-state index contributed by atoms with van der Waals surface area (Å²) in [5, 5.41) is 21.0. The van der Waals surface area contributed by atoms with Crippen molar-refractivity contribution in [2.75, 3.05) is 53.6 Å². The molecule has 0 spiro atoms. The lowest BCUT2D eigenvalue weighted by Gasteiger charge is -2.39. The number of carbonyl (C=O) groups excluding carboxylic acids is 2. The van der Waals surface area contributed by atoms with Gasteiger partial charge in [-0.15, -0.1) is 0 Å². The molecule has 10 heteroatoms. The highest BCUT2D eigenvalue weighted by molar-refractivity contribution is 5.79. The molecule has 2 rings (SSSR count). The third-order valence-electron chi connectivity index (χ3n) is 6.69. The van der Waals surface area contributed by atoms with E-state index in [9.17, 15) is 19.8 Å². The highest BCUT2D eigenvalue weighted by Gasteiger charge is 2.33. The third kappa shape index (κ3) is 10.6. The van der Waals surface area contributed by atoms with Crippen LogP contribution >= 0.6 is 0 Å². The zero-order chi connectivity index (χ0) is 27.4. The number of nitrogens with zero attached hydrogens (tertiary/aromatic N) is 4. The number of aliphatic hydroxyl groups is 2. The number of pyridine rings is 1. The maximum Gasteiger partial charge on any atom is 0.237 e. The van der Waals surface area contributed by atoms with Crippen molar-refractivity contribution in [3.8, 4) is 0 Å². The standard InChI is InChI=1S/C27H46N4O6/c1-20(2)14-23-16-30(21(3)32)17-25(36-5)27(35)24(33)19-37-13-7-6-12-31(23)26(34)18-29(4)15-22-8-10-28-11-9-22/h8-11,20,23-25,27,33,35H,6-7,12-19H2,1-5H3/t23-,24+,25+,27+/m0/s1. The molecule has 1 fully saturated rings. The fourth-order valence-electron chi connectivity index (χ4n) is 4.69. The van der Waals surface area contributed by atoms with Gasteiger partial charge in [-0.2, -0.15) is 0 Å². The Balaban J connectivity index is 2.27. The van der Waals surface area contributed by atoms with Gasteiger partial charge in [0.1, 0.15) is 18.3 Å². The second kappa shape index (κ2) is 16.0. The minimum Gasteiger partial charge on any atom is -0.388 e. The van der Waals surface area contributed by atoms with E-state index in [0.717, 1.165) is 18.4 Å². The second-order valence-corrected chi connectivity index (χ2v) is 10.4. The van der Waals surface area contributed by atoms with Crippen molar-refractivity contribution in [1.29, 1.82) is 0 Å².